The number of halogens is 2. The summed E-state index contributed by atoms with van der Waals surface area (Å²) in [4.78, 5) is 12.1. The lowest BCUT2D eigenvalue weighted by Gasteiger charge is -2.14. The summed E-state index contributed by atoms with van der Waals surface area (Å²) in [6, 6.07) is 21.2. The fourth-order valence-corrected chi connectivity index (χ4v) is 4.00. The Bertz CT molecular complexity index is 1030. The van der Waals surface area contributed by atoms with Crippen LogP contribution in [0.25, 0.3) is 17.2 Å². The van der Waals surface area contributed by atoms with Gasteiger partial charge >= 0.3 is 6.09 Å². The summed E-state index contributed by atoms with van der Waals surface area (Å²) in [7, 11) is 0. The minimum absolute atomic E-state index is 0.0419. The van der Waals surface area contributed by atoms with Gasteiger partial charge in [0.05, 0.1) is 4.47 Å². The first-order chi connectivity index (χ1) is 14.1. The fraction of sp³-hybridized carbons (Fsp3) is 0.125. The van der Waals surface area contributed by atoms with E-state index in [9.17, 15) is 9.18 Å². The Morgan fingerprint density at radius 3 is 2.34 bits per heavy atom. The summed E-state index contributed by atoms with van der Waals surface area (Å²) in [6.07, 6.45) is 3.14. The molecule has 0 spiro atoms. The topological polar surface area (TPSA) is 38.3 Å². The van der Waals surface area contributed by atoms with Crippen LogP contribution in [0.3, 0.4) is 0 Å². The van der Waals surface area contributed by atoms with E-state index in [0.29, 0.717) is 11.0 Å². The summed E-state index contributed by atoms with van der Waals surface area (Å²) in [5, 5.41) is 2.72. The molecule has 5 heteroatoms. The molecule has 0 unspecified atom stereocenters. The number of rotatable bonds is 5. The van der Waals surface area contributed by atoms with Crippen molar-refractivity contribution < 1.29 is 13.9 Å². The van der Waals surface area contributed by atoms with Gasteiger partial charge < -0.3 is 10.1 Å². The molecule has 0 atom stereocenters. The van der Waals surface area contributed by atoms with Crippen molar-refractivity contribution in [1.29, 1.82) is 0 Å². The van der Waals surface area contributed by atoms with Crippen molar-refractivity contribution in [2.45, 2.75) is 5.92 Å². The highest BCUT2D eigenvalue weighted by Gasteiger charge is 2.28. The Morgan fingerprint density at radius 1 is 1.03 bits per heavy atom. The molecule has 0 radical (unpaired) electrons. The van der Waals surface area contributed by atoms with Crippen LogP contribution in [-0.2, 0) is 4.74 Å². The predicted molar refractivity (Wildman–Crippen MR) is 116 cm³/mol. The van der Waals surface area contributed by atoms with E-state index in [4.69, 9.17) is 4.74 Å². The number of nitrogens with one attached hydrogen (secondary N) is 1. The number of benzene rings is 3. The molecule has 0 saturated carbocycles. The average Bonchev–Trinajstić information content (AvgIpc) is 3.06. The number of ether oxygens (including phenoxy) is 1. The first kappa shape index (κ1) is 19.4. The lowest BCUT2D eigenvalue weighted by atomic mass is 9.98. The van der Waals surface area contributed by atoms with Crippen LogP contribution in [0, 0.1) is 5.82 Å². The minimum atomic E-state index is -0.461. The van der Waals surface area contributed by atoms with Gasteiger partial charge in [-0.2, -0.15) is 0 Å². The first-order valence-electron chi connectivity index (χ1n) is 9.34. The molecule has 0 bridgehead atoms. The van der Waals surface area contributed by atoms with E-state index in [0.717, 1.165) is 5.56 Å². The van der Waals surface area contributed by atoms with Crippen LogP contribution in [0.1, 0.15) is 22.6 Å². The molecule has 3 aromatic rings. The van der Waals surface area contributed by atoms with Crippen molar-refractivity contribution in [3.05, 3.63) is 99.8 Å². The Kier molecular flexibility index (Phi) is 5.76. The first-order valence-corrected chi connectivity index (χ1v) is 10.1. The second-order valence-electron chi connectivity index (χ2n) is 6.78. The smallest absolute Gasteiger partial charge is 0.407 e. The van der Waals surface area contributed by atoms with Gasteiger partial charge in [0.25, 0.3) is 0 Å². The van der Waals surface area contributed by atoms with Gasteiger partial charge in [-0.1, -0.05) is 66.7 Å². The zero-order valence-corrected chi connectivity index (χ0v) is 17.2. The number of hydrogen-bond acceptors (Lipinski definition) is 2. The maximum absolute atomic E-state index is 13.2. The Labute approximate surface area is 177 Å². The molecule has 0 aromatic heterocycles. The van der Waals surface area contributed by atoms with Crippen molar-refractivity contribution in [3.63, 3.8) is 0 Å². The van der Waals surface area contributed by atoms with Crippen LogP contribution in [0.4, 0.5) is 9.18 Å². The SMILES string of the molecule is O=C(NCC=Cc1ccc(F)c(Br)c1)OCC1c2ccccc2-c2ccccc21. The molecule has 29 heavy (non-hydrogen) atoms. The average molecular weight is 452 g/mol. The third-order valence-corrected chi connectivity index (χ3v) is 5.57. The van der Waals surface area contributed by atoms with Gasteiger partial charge in [0.15, 0.2) is 0 Å². The molecule has 1 aliphatic rings. The molecular weight excluding hydrogens is 433 g/mol. The quantitative estimate of drug-likeness (QED) is 0.505. The van der Waals surface area contributed by atoms with Crippen molar-refractivity contribution >= 4 is 28.1 Å². The van der Waals surface area contributed by atoms with Gasteiger partial charge in [0, 0.05) is 12.5 Å². The number of carbonyl (C=O) groups excluding carboxylic acids is 1. The molecule has 3 aromatic carbocycles. The van der Waals surface area contributed by atoms with Crippen molar-refractivity contribution in [2.24, 2.45) is 0 Å². The highest BCUT2D eigenvalue weighted by molar-refractivity contribution is 9.10. The number of carbonyl (C=O) groups is 1. The van der Waals surface area contributed by atoms with Gasteiger partial charge in [-0.05, 0) is 55.9 Å². The van der Waals surface area contributed by atoms with E-state index >= 15 is 0 Å². The van der Waals surface area contributed by atoms with Gasteiger partial charge in [0.1, 0.15) is 12.4 Å². The standard InChI is InChI=1S/C24H19BrFNO2/c25-22-14-16(11-12-23(22)26)6-5-13-27-24(28)29-15-21-19-9-3-1-7-17(19)18-8-2-4-10-20(18)21/h1-12,14,21H,13,15H2,(H,27,28). The zero-order chi connectivity index (χ0) is 20.2. The predicted octanol–water partition coefficient (Wildman–Crippen LogP) is 6.14. The molecular formula is C24H19BrFNO2. The normalized spacial score (nSPS) is 12.6. The van der Waals surface area contributed by atoms with Crippen molar-refractivity contribution in [3.8, 4) is 11.1 Å². The molecule has 0 heterocycles. The number of hydrogen-bond donors (Lipinski definition) is 1. The second-order valence-corrected chi connectivity index (χ2v) is 7.64. The maximum atomic E-state index is 13.2. The molecule has 146 valence electrons. The highest BCUT2D eigenvalue weighted by atomic mass is 79.9. The van der Waals surface area contributed by atoms with Gasteiger partial charge in [-0.25, -0.2) is 9.18 Å². The van der Waals surface area contributed by atoms with Crippen LogP contribution in [0.5, 0.6) is 0 Å². The monoisotopic (exact) mass is 451 g/mol. The van der Waals surface area contributed by atoms with Gasteiger partial charge in [-0.3, -0.25) is 0 Å². The number of amides is 1. The third-order valence-electron chi connectivity index (χ3n) is 4.96. The summed E-state index contributed by atoms with van der Waals surface area (Å²) >= 11 is 3.16. The second kappa shape index (κ2) is 8.62. The van der Waals surface area contributed by atoms with E-state index in [2.05, 4.69) is 45.5 Å². The van der Waals surface area contributed by atoms with Gasteiger partial charge in [0.2, 0.25) is 0 Å². The van der Waals surface area contributed by atoms with Crippen molar-refractivity contribution in [2.75, 3.05) is 13.2 Å². The summed E-state index contributed by atoms with van der Waals surface area (Å²) in [6.45, 7) is 0.611. The molecule has 1 N–H and O–H groups in total. The molecule has 4 rings (SSSR count). The van der Waals surface area contributed by atoms with E-state index in [1.54, 1.807) is 18.2 Å². The van der Waals surface area contributed by atoms with E-state index < -0.39 is 6.09 Å². The van der Waals surface area contributed by atoms with Gasteiger partial charge in [-0.15, -0.1) is 0 Å². The van der Waals surface area contributed by atoms with E-state index in [-0.39, 0.29) is 18.3 Å². The Morgan fingerprint density at radius 2 is 1.69 bits per heavy atom. The minimum Gasteiger partial charge on any atom is -0.449 e. The van der Waals surface area contributed by atoms with Crippen LogP contribution >= 0.6 is 15.9 Å². The zero-order valence-electron chi connectivity index (χ0n) is 15.6. The van der Waals surface area contributed by atoms with Crippen LogP contribution in [0.2, 0.25) is 0 Å². The van der Waals surface area contributed by atoms with E-state index in [1.165, 1.54) is 28.3 Å². The molecule has 1 aliphatic carbocycles. The Balaban J connectivity index is 1.33. The van der Waals surface area contributed by atoms with Crippen LogP contribution in [0.15, 0.2) is 77.3 Å². The van der Waals surface area contributed by atoms with Crippen LogP contribution < -0.4 is 5.32 Å². The molecule has 3 nitrogen and oxygen atoms in total. The third kappa shape index (κ3) is 4.25. The van der Waals surface area contributed by atoms with Crippen LogP contribution in [-0.4, -0.2) is 19.2 Å². The Hall–Kier alpha value is -2.92. The number of fused-ring (bicyclic) bond motifs is 3. The molecule has 1 amide bonds. The summed E-state index contributed by atoms with van der Waals surface area (Å²) in [5.41, 5.74) is 5.61. The maximum Gasteiger partial charge on any atom is 0.407 e. The van der Waals surface area contributed by atoms with Crippen molar-refractivity contribution in [1.82, 2.24) is 5.32 Å². The molecule has 0 aliphatic heterocycles. The van der Waals surface area contributed by atoms with E-state index in [1.807, 2.05) is 30.3 Å². The lowest BCUT2D eigenvalue weighted by molar-refractivity contribution is 0.144. The summed E-state index contributed by atoms with van der Waals surface area (Å²) < 4.78 is 19.1. The summed E-state index contributed by atoms with van der Waals surface area (Å²) in [5.74, 6) is -0.265. The lowest BCUT2D eigenvalue weighted by Crippen LogP contribution is -2.26. The fourth-order valence-electron chi connectivity index (χ4n) is 3.60. The largest absolute Gasteiger partial charge is 0.449 e. The molecule has 0 saturated heterocycles. The highest BCUT2D eigenvalue weighted by Crippen LogP contribution is 2.44. The number of alkyl carbamates (subject to hydrolysis) is 1. The molecule has 0 fully saturated rings.